The fourth-order valence-electron chi connectivity index (χ4n) is 3.44. The Kier molecular flexibility index (Phi) is 6.63. The van der Waals surface area contributed by atoms with Crippen LogP contribution in [-0.4, -0.2) is 35.8 Å². The van der Waals surface area contributed by atoms with E-state index in [2.05, 4.69) is 4.99 Å². The molecule has 0 fully saturated rings. The number of thiophene rings is 1. The molecule has 170 valence electrons. The molecular formula is C22H19N3O6S2. The Morgan fingerprint density at radius 3 is 2.67 bits per heavy atom. The number of esters is 1. The Morgan fingerprint density at radius 1 is 1.27 bits per heavy atom. The smallest absolute Gasteiger partial charge is 0.338 e. The van der Waals surface area contributed by atoms with Gasteiger partial charge in [-0.1, -0.05) is 17.4 Å². The summed E-state index contributed by atoms with van der Waals surface area (Å²) < 4.78 is 12.2. The van der Waals surface area contributed by atoms with E-state index in [0.29, 0.717) is 26.2 Å². The molecule has 0 saturated carbocycles. The van der Waals surface area contributed by atoms with Crippen LogP contribution in [0.25, 0.3) is 6.08 Å². The zero-order valence-corrected chi connectivity index (χ0v) is 19.4. The van der Waals surface area contributed by atoms with Gasteiger partial charge in [0.05, 0.1) is 27.3 Å². The van der Waals surface area contributed by atoms with Gasteiger partial charge in [0.25, 0.3) is 11.2 Å². The first-order chi connectivity index (χ1) is 15.9. The van der Waals surface area contributed by atoms with Crippen LogP contribution in [-0.2, 0) is 14.3 Å². The highest BCUT2D eigenvalue weighted by atomic mass is 32.1. The lowest BCUT2D eigenvalue weighted by Gasteiger charge is -2.23. The van der Waals surface area contributed by atoms with Crippen molar-refractivity contribution >= 4 is 40.4 Å². The molecule has 0 aliphatic carbocycles. The largest absolute Gasteiger partial charge is 0.460 e. The maximum Gasteiger partial charge on any atom is 0.338 e. The molecule has 0 amide bonds. The van der Waals surface area contributed by atoms with Crippen molar-refractivity contribution in [2.24, 2.45) is 4.99 Å². The van der Waals surface area contributed by atoms with Crippen molar-refractivity contribution < 1.29 is 19.2 Å². The molecule has 2 aromatic heterocycles. The molecule has 3 heterocycles. The summed E-state index contributed by atoms with van der Waals surface area (Å²) in [6.45, 7) is 2.08. The Labute approximate surface area is 195 Å². The number of carbonyl (C=O) groups excluding carboxylic acids is 1. The number of methoxy groups -OCH3 is 1. The number of thiazole rings is 1. The second-order valence-electron chi connectivity index (χ2n) is 7.07. The third-order valence-corrected chi connectivity index (χ3v) is 6.88. The van der Waals surface area contributed by atoms with Crippen molar-refractivity contribution in [1.29, 1.82) is 0 Å². The molecule has 1 unspecified atom stereocenters. The minimum absolute atomic E-state index is 0.0291. The predicted octanol–water partition coefficient (Wildman–Crippen LogP) is 2.39. The number of nitro groups is 1. The molecule has 1 aromatic carbocycles. The summed E-state index contributed by atoms with van der Waals surface area (Å²) in [6, 6.07) is 8.99. The number of rotatable bonds is 7. The summed E-state index contributed by atoms with van der Waals surface area (Å²) in [5.41, 5.74) is 1.11. The Balaban J connectivity index is 1.82. The number of aromatic nitrogens is 1. The number of hydrogen-bond donors (Lipinski definition) is 0. The van der Waals surface area contributed by atoms with Crippen LogP contribution >= 0.6 is 22.7 Å². The minimum Gasteiger partial charge on any atom is -0.460 e. The van der Waals surface area contributed by atoms with Gasteiger partial charge in [0.15, 0.2) is 4.80 Å². The zero-order chi connectivity index (χ0) is 23.5. The normalized spacial score (nSPS) is 15.8. The summed E-state index contributed by atoms with van der Waals surface area (Å²) in [5, 5.41) is 12.8. The van der Waals surface area contributed by atoms with E-state index in [1.807, 2.05) is 17.5 Å². The lowest BCUT2D eigenvalue weighted by Crippen LogP contribution is -2.39. The van der Waals surface area contributed by atoms with Gasteiger partial charge in [-0.15, -0.1) is 11.3 Å². The molecule has 33 heavy (non-hydrogen) atoms. The van der Waals surface area contributed by atoms with E-state index in [1.165, 1.54) is 46.5 Å². The lowest BCUT2D eigenvalue weighted by atomic mass is 10.0. The number of hydrogen-bond acceptors (Lipinski definition) is 9. The van der Waals surface area contributed by atoms with Crippen molar-refractivity contribution in [3.63, 3.8) is 0 Å². The first kappa shape index (κ1) is 22.8. The second-order valence-corrected chi connectivity index (χ2v) is 9.06. The quantitative estimate of drug-likeness (QED) is 0.220. The van der Waals surface area contributed by atoms with E-state index in [0.717, 1.165) is 4.88 Å². The molecule has 0 radical (unpaired) electrons. The van der Waals surface area contributed by atoms with Gasteiger partial charge in [-0.2, -0.15) is 0 Å². The summed E-state index contributed by atoms with van der Waals surface area (Å²) in [4.78, 5) is 42.6. The van der Waals surface area contributed by atoms with Gasteiger partial charge in [0.2, 0.25) is 0 Å². The molecule has 1 aliphatic heterocycles. The van der Waals surface area contributed by atoms with E-state index in [4.69, 9.17) is 9.47 Å². The average Bonchev–Trinajstić information content (AvgIpc) is 3.42. The molecule has 1 aliphatic rings. The number of nitro benzene ring substituents is 1. The molecule has 3 aromatic rings. The average molecular weight is 486 g/mol. The molecule has 0 saturated heterocycles. The van der Waals surface area contributed by atoms with Gasteiger partial charge in [-0.3, -0.25) is 19.5 Å². The van der Waals surface area contributed by atoms with Crippen molar-refractivity contribution in [3.05, 3.63) is 93.3 Å². The highest BCUT2D eigenvalue weighted by Crippen LogP contribution is 2.33. The second kappa shape index (κ2) is 9.61. The monoisotopic (exact) mass is 485 g/mol. The lowest BCUT2D eigenvalue weighted by molar-refractivity contribution is -0.384. The molecule has 1 atom stereocenters. The van der Waals surface area contributed by atoms with Crippen molar-refractivity contribution in [2.75, 3.05) is 20.3 Å². The Morgan fingerprint density at radius 2 is 2.03 bits per heavy atom. The van der Waals surface area contributed by atoms with E-state index < -0.39 is 16.9 Å². The van der Waals surface area contributed by atoms with Crippen molar-refractivity contribution in [2.45, 2.75) is 13.0 Å². The van der Waals surface area contributed by atoms with Gasteiger partial charge in [0.1, 0.15) is 12.6 Å². The number of allylic oxidation sites excluding steroid dienone is 1. The van der Waals surface area contributed by atoms with Gasteiger partial charge in [0, 0.05) is 24.1 Å². The minimum atomic E-state index is -0.657. The van der Waals surface area contributed by atoms with Gasteiger partial charge in [-0.25, -0.2) is 9.79 Å². The molecule has 4 rings (SSSR count). The van der Waals surface area contributed by atoms with Gasteiger partial charge >= 0.3 is 5.97 Å². The number of non-ortho nitro benzene ring substituents is 1. The summed E-state index contributed by atoms with van der Waals surface area (Å²) in [6.07, 6.45) is 1.66. The van der Waals surface area contributed by atoms with E-state index in [-0.39, 0.29) is 24.5 Å². The van der Waals surface area contributed by atoms with Crippen molar-refractivity contribution in [1.82, 2.24) is 4.57 Å². The fourth-order valence-corrected chi connectivity index (χ4v) is 5.31. The predicted molar refractivity (Wildman–Crippen MR) is 124 cm³/mol. The maximum absolute atomic E-state index is 13.4. The molecule has 0 bridgehead atoms. The summed E-state index contributed by atoms with van der Waals surface area (Å²) in [7, 11) is 1.52. The van der Waals surface area contributed by atoms with E-state index in [9.17, 15) is 19.7 Å². The number of fused-ring (bicyclic) bond motifs is 1. The molecule has 0 N–H and O–H groups in total. The zero-order valence-electron chi connectivity index (χ0n) is 17.7. The summed E-state index contributed by atoms with van der Waals surface area (Å²) >= 11 is 2.63. The highest BCUT2D eigenvalue weighted by Gasteiger charge is 2.34. The number of nitrogens with zero attached hydrogens (tertiary/aromatic N) is 3. The molecule has 0 spiro atoms. The maximum atomic E-state index is 13.4. The van der Waals surface area contributed by atoms with E-state index in [1.54, 1.807) is 25.1 Å². The van der Waals surface area contributed by atoms with Crippen LogP contribution < -0.4 is 14.9 Å². The van der Waals surface area contributed by atoms with Crippen LogP contribution in [0.1, 0.15) is 23.4 Å². The Bertz CT molecular complexity index is 1400. The molecule has 11 heteroatoms. The highest BCUT2D eigenvalue weighted by molar-refractivity contribution is 7.10. The van der Waals surface area contributed by atoms with Crippen LogP contribution in [0, 0.1) is 10.1 Å². The third kappa shape index (κ3) is 4.56. The van der Waals surface area contributed by atoms with Crippen LogP contribution in [0.15, 0.2) is 62.8 Å². The third-order valence-electron chi connectivity index (χ3n) is 4.98. The van der Waals surface area contributed by atoms with Crippen molar-refractivity contribution in [3.8, 4) is 0 Å². The first-order valence-electron chi connectivity index (χ1n) is 9.87. The number of carbonyl (C=O) groups is 1. The standard InChI is InChI=1S/C22H19N3O6S2/c1-13-18(21(27)31-10-9-30-2)19(16-4-3-11-32-16)24-20(26)17(33-22(24)23-13)12-14-5-7-15(8-6-14)25(28)29/h3-8,11-12,19H,9-10H2,1-2H3/b17-12-. The molecule has 9 nitrogen and oxygen atoms in total. The molecular weight excluding hydrogens is 466 g/mol. The van der Waals surface area contributed by atoms with Gasteiger partial charge in [-0.05, 0) is 42.1 Å². The Hall–Kier alpha value is -3.41. The van der Waals surface area contributed by atoms with Gasteiger partial charge < -0.3 is 9.47 Å². The van der Waals surface area contributed by atoms with Crippen LogP contribution in [0.5, 0.6) is 0 Å². The topological polar surface area (TPSA) is 113 Å². The number of ether oxygens (including phenoxy) is 2. The number of benzene rings is 1. The summed E-state index contributed by atoms with van der Waals surface area (Å²) in [5.74, 6) is -0.545. The fraction of sp³-hybridized carbons (Fsp3) is 0.227. The SMILES string of the molecule is COCCOC(=O)C1=C(C)N=c2s/c(=C\c3ccc([N+](=O)[O-])cc3)c(=O)n2C1c1cccs1. The van der Waals surface area contributed by atoms with Crippen LogP contribution in [0.3, 0.4) is 0 Å². The van der Waals surface area contributed by atoms with E-state index >= 15 is 0 Å². The first-order valence-corrected chi connectivity index (χ1v) is 11.6. The van der Waals surface area contributed by atoms with Crippen LogP contribution in [0.2, 0.25) is 0 Å². The van der Waals surface area contributed by atoms with Crippen LogP contribution in [0.4, 0.5) is 5.69 Å².